The van der Waals surface area contributed by atoms with Crippen molar-refractivity contribution in [2.24, 2.45) is 0 Å². The van der Waals surface area contributed by atoms with E-state index in [9.17, 15) is 8.42 Å². The first-order valence-corrected chi connectivity index (χ1v) is 9.59. The minimum absolute atomic E-state index is 0.0814. The van der Waals surface area contributed by atoms with Gasteiger partial charge in [0.15, 0.2) is 0 Å². The standard InChI is InChI=1S/C13H9Br3O3S/c14-8-9-6-12(16)13(7-11(9)15)20(17,18)19-10-4-2-1-3-5-10/h1-7H,8H2. The maximum absolute atomic E-state index is 12.3. The molecule has 0 aliphatic carbocycles. The van der Waals surface area contributed by atoms with Gasteiger partial charge < -0.3 is 4.18 Å². The molecule has 7 heteroatoms. The highest BCUT2D eigenvalue weighted by Gasteiger charge is 2.21. The van der Waals surface area contributed by atoms with Crippen LogP contribution in [0, 0.1) is 0 Å². The van der Waals surface area contributed by atoms with Gasteiger partial charge in [-0.05, 0) is 45.8 Å². The minimum atomic E-state index is -3.88. The van der Waals surface area contributed by atoms with E-state index in [1.165, 1.54) is 6.07 Å². The van der Waals surface area contributed by atoms with E-state index < -0.39 is 10.1 Å². The molecule has 0 radical (unpaired) electrons. The van der Waals surface area contributed by atoms with Crippen LogP contribution in [-0.4, -0.2) is 8.42 Å². The molecule has 0 fully saturated rings. The Balaban J connectivity index is 2.42. The summed E-state index contributed by atoms with van der Waals surface area (Å²) in [4.78, 5) is 0.0814. The van der Waals surface area contributed by atoms with E-state index >= 15 is 0 Å². The zero-order chi connectivity index (χ0) is 14.8. The van der Waals surface area contributed by atoms with Crippen molar-refractivity contribution >= 4 is 57.9 Å². The summed E-state index contributed by atoms with van der Waals surface area (Å²) < 4.78 is 30.9. The smallest absolute Gasteiger partial charge is 0.340 e. The summed E-state index contributed by atoms with van der Waals surface area (Å²) in [6, 6.07) is 11.7. The predicted molar refractivity (Wildman–Crippen MR) is 88.7 cm³/mol. The molecule has 20 heavy (non-hydrogen) atoms. The number of hydrogen-bond acceptors (Lipinski definition) is 3. The van der Waals surface area contributed by atoms with Gasteiger partial charge in [-0.3, -0.25) is 0 Å². The quantitative estimate of drug-likeness (QED) is 0.459. The summed E-state index contributed by atoms with van der Waals surface area (Å²) in [6.07, 6.45) is 0. The van der Waals surface area contributed by atoms with Crippen LogP contribution in [0.4, 0.5) is 0 Å². The lowest BCUT2D eigenvalue weighted by atomic mass is 10.2. The Hall–Kier alpha value is -0.370. The molecule has 0 aromatic heterocycles. The van der Waals surface area contributed by atoms with E-state index in [2.05, 4.69) is 47.8 Å². The van der Waals surface area contributed by atoms with Gasteiger partial charge in [0, 0.05) is 14.3 Å². The lowest BCUT2D eigenvalue weighted by molar-refractivity contribution is 0.485. The fraction of sp³-hybridized carbons (Fsp3) is 0.0769. The van der Waals surface area contributed by atoms with E-state index in [1.54, 1.807) is 36.4 Å². The highest BCUT2D eigenvalue weighted by atomic mass is 79.9. The summed E-state index contributed by atoms with van der Waals surface area (Å²) in [5.41, 5.74) is 0.940. The van der Waals surface area contributed by atoms with Gasteiger partial charge in [-0.25, -0.2) is 0 Å². The van der Waals surface area contributed by atoms with E-state index in [1.807, 2.05) is 0 Å². The zero-order valence-corrected chi connectivity index (χ0v) is 15.6. The molecule has 0 spiro atoms. The van der Waals surface area contributed by atoms with Crippen molar-refractivity contribution in [1.29, 1.82) is 0 Å². The third-order valence-corrected chi connectivity index (χ3v) is 6.01. The van der Waals surface area contributed by atoms with Gasteiger partial charge in [0.25, 0.3) is 0 Å². The first-order chi connectivity index (χ1) is 9.44. The minimum Gasteiger partial charge on any atom is -0.379 e. The molecular weight excluding hydrogens is 476 g/mol. The number of alkyl halides is 1. The normalized spacial score (nSPS) is 11.3. The van der Waals surface area contributed by atoms with Gasteiger partial charge in [-0.1, -0.05) is 50.1 Å². The molecule has 0 aliphatic heterocycles. The summed E-state index contributed by atoms with van der Waals surface area (Å²) >= 11 is 9.96. The monoisotopic (exact) mass is 482 g/mol. The second-order valence-corrected chi connectivity index (χ2v) is 7.64. The number of benzene rings is 2. The van der Waals surface area contributed by atoms with Crippen LogP contribution < -0.4 is 4.18 Å². The molecule has 0 heterocycles. The van der Waals surface area contributed by atoms with Gasteiger partial charge in [0.05, 0.1) is 0 Å². The molecule has 0 saturated heterocycles. The second kappa shape index (κ2) is 6.60. The summed E-state index contributed by atoms with van der Waals surface area (Å²) in [5, 5.41) is 0.617. The maximum Gasteiger partial charge on any atom is 0.340 e. The average Bonchev–Trinajstić information content (AvgIpc) is 2.41. The summed E-state index contributed by atoms with van der Waals surface area (Å²) in [5.74, 6) is 0.278. The lowest BCUT2D eigenvalue weighted by Gasteiger charge is -2.10. The molecule has 0 aliphatic rings. The van der Waals surface area contributed by atoms with Crippen LogP contribution in [0.25, 0.3) is 0 Å². The van der Waals surface area contributed by atoms with Crippen molar-refractivity contribution in [2.75, 3.05) is 0 Å². The average molecular weight is 485 g/mol. The lowest BCUT2D eigenvalue weighted by Crippen LogP contribution is -2.10. The third kappa shape index (κ3) is 3.63. The van der Waals surface area contributed by atoms with Gasteiger partial charge in [0.1, 0.15) is 10.6 Å². The SMILES string of the molecule is O=S(=O)(Oc1ccccc1)c1cc(Br)c(CBr)cc1Br. The van der Waals surface area contributed by atoms with Gasteiger partial charge >= 0.3 is 10.1 Å². The van der Waals surface area contributed by atoms with E-state index in [4.69, 9.17) is 4.18 Å². The molecule has 0 unspecified atom stereocenters. The number of halogens is 3. The van der Waals surface area contributed by atoms with E-state index in [0.29, 0.717) is 14.3 Å². The van der Waals surface area contributed by atoms with Crippen molar-refractivity contribution in [1.82, 2.24) is 0 Å². The molecular formula is C13H9Br3O3S. The Labute approximate surface area is 142 Å². The second-order valence-electron chi connectivity index (χ2n) is 3.86. The topological polar surface area (TPSA) is 43.4 Å². The van der Waals surface area contributed by atoms with Crippen LogP contribution in [0.3, 0.4) is 0 Å². The Morgan fingerprint density at radius 2 is 1.65 bits per heavy atom. The molecule has 0 amide bonds. The van der Waals surface area contributed by atoms with Crippen molar-refractivity contribution in [2.45, 2.75) is 10.2 Å². The first-order valence-electron chi connectivity index (χ1n) is 5.47. The number of hydrogen-bond donors (Lipinski definition) is 0. The number of rotatable bonds is 4. The number of para-hydroxylation sites is 1. The van der Waals surface area contributed by atoms with Crippen molar-refractivity contribution < 1.29 is 12.6 Å². The molecule has 0 atom stereocenters. The Morgan fingerprint density at radius 3 is 2.25 bits per heavy atom. The van der Waals surface area contributed by atoms with E-state index in [-0.39, 0.29) is 10.6 Å². The Kier molecular flexibility index (Phi) is 5.28. The van der Waals surface area contributed by atoms with E-state index in [0.717, 1.165) is 5.56 Å². The molecule has 2 aromatic rings. The largest absolute Gasteiger partial charge is 0.379 e. The maximum atomic E-state index is 12.3. The van der Waals surface area contributed by atoms with Crippen LogP contribution in [-0.2, 0) is 15.4 Å². The fourth-order valence-electron chi connectivity index (χ4n) is 1.51. The third-order valence-electron chi connectivity index (χ3n) is 2.46. The van der Waals surface area contributed by atoms with Crippen molar-refractivity contribution in [3.8, 4) is 5.75 Å². The van der Waals surface area contributed by atoms with Crippen molar-refractivity contribution in [3.63, 3.8) is 0 Å². The van der Waals surface area contributed by atoms with Gasteiger partial charge in [0.2, 0.25) is 0 Å². The first kappa shape index (κ1) is 16.0. The van der Waals surface area contributed by atoms with Crippen molar-refractivity contribution in [3.05, 3.63) is 57.0 Å². The van der Waals surface area contributed by atoms with Crippen LogP contribution >= 0.6 is 47.8 Å². The predicted octanol–water partition coefficient (Wildman–Crippen LogP) is 4.87. The Bertz CT molecular complexity index is 715. The molecule has 2 aromatic carbocycles. The van der Waals surface area contributed by atoms with Crippen LogP contribution in [0.2, 0.25) is 0 Å². The Morgan fingerprint density at radius 1 is 1.00 bits per heavy atom. The van der Waals surface area contributed by atoms with Gasteiger partial charge in [-0.2, -0.15) is 8.42 Å². The molecule has 0 bridgehead atoms. The summed E-state index contributed by atoms with van der Waals surface area (Å²) in [6.45, 7) is 0. The molecule has 3 nitrogen and oxygen atoms in total. The highest BCUT2D eigenvalue weighted by Crippen LogP contribution is 2.32. The molecule has 0 N–H and O–H groups in total. The molecule has 2 rings (SSSR count). The summed E-state index contributed by atoms with van der Waals surface area (Å²) in [7, 11) is -3.88. The van der Waals surface area contributed by atoms with Crippen LogP contribution in [0.15, 0.2) is 56.3 Å². The zero-order valence-electron chi connectivity index (χ0n) is 10.0. The van der Waals surface area contributed by atoms with Gasteiger partial charge in [-0.15, -0.1) is 0 Å². The molecule has 0 saturated carbocycles. The highest BCUT2D eigenvalue weighted by molar-refractivity contribution is 9.11. The van der Waals surface area contributed by atoms with Crippen LogP contribution in [0.1, 0.15) is 5.56 Å². The van der Waals surface area contributed by atoms with Crippen LogP contribution in [0.5, 0.6) is 5.75 Å². The molecule has 106 valence electrons. The fourth-order valence-corrected chi connectivity index (χ4v) is 4.99.